The lowest BCUT2D eigenvalue weighted by molar-refractivity contribution is -0.120. The van der Waals surface area contributed by atoms with Crippen LogP contribution in [0, 0.1) is 6.92 Å². The van der Waals surface area contributed by atoms with Crippen LogP contribution in [-0.4, -0.2) is 30.9 Å². The van der Waals surface area contributed by atoms with Gasteiger partial charge in [-0.25, -0.2) is 4.79 Å². The lowest BCUT2D eigenvalue weighted by atomic mass is 10.1. The molecule has 0 fully saturated rings. The van der Waals surface area contributed by atoms with E-state index in [1.54, 1.807) is 49.4 Å². The third-order valence-corrected chi connectivity index (χ3v) is 4.25. The number of aryl methyl sites for hydroxylation is 1. The zero-order chi connectivity index (χ0) is 20.0. The molecule has 0 radical (unpaired) electrons. The number of anilines is 2. The SMILES string of the molecule is CCOC(=O)c1ccccc1NC(=O)CN(C(C)=O)c1ccc(C)c(Cl)c1. The quantitative estimate of drug-likeness (QED) is 0.763. The topological polar surface area (TPSA) is 75.7 Å². The van der Waals surface area contributed by atoms with E-state index in [0.29, 0.717) is 16.4 Å². The number of hydrogen-bond donors (Lipinski definition) is 1. The molecule has 0 bridgehead atoms. The first-order chi connectivity index (χ1) is 12.8. The van der Waals surface area contributed by atoms with Crippen LogP contribution in [0.15, 0.2) is 42.5 Å². The van der Waals surface area contributed by atoms with Crippen molar-refractivity contribution in [3.05, 3.63) is 58.6 Å². The Morgan fingerprint density at radius 2 is 1.85 bits per heavy atom. The van der Waals surface area contributed by atoms with E-state index in [4.69, 9.17) is 16.3 Å². The number of benzene rings is 2. The van der Waals surface area contributed by atoms with Crippen LogP contribution in [-0.2, 0) is 14.3 Å². The maximum absolute atomic E-state index is 12.5. The van der Waals surface area contributed by atoms with Crippen molar-refractivity contribution in [3.63, 3.8) is 0 Å². The Balaban J connectivity index is 2.19. The minimum Gasteiger partial charge on any atom is -0.462 e. The summed E-state index contributed by atoms with van der Waals surface area (Å²) in [6.07, 6.45) is 0. The Morgan fingerprint density at radius 1 is 1.15 bits per heavy atom. The van der Waals surface area contributed by atoms with E-state index >= 15 is 0 Å². The molecule has 0 saturated carbocycles. The maximum Gasteiger partial charge on any atom is 0.340 e. The molecule has 2 aromatic rings. The molecule has 1 N–H and O–H groups in total. The van der Waals surface area contributed by atoms with E-state index < -0.39 is 11.9 Å². The van der Waals surface area contributed by atoms with Gasteiger partial charge in [0.15, 0.2) is 0 Å². The molecule has 0 spiro atoms. The summed E-state index contributed by atoms with van der Waals surface area (Å²) in [7, 11) is 0. The molecule has 0 aliphatic carbocycles. The highest BCUT2D eigenvalue weighted by atomic mass is 35.5. The Morgan fingerprint density at radius 3 is 2.48 bits per heavy atom. The molecule has 7 heteroatoms. The summed E-state index contributed by atoms with van der Waals surface area (Å²) >= 11 is 6.12. The molecule has 2 rings (SSSR count). The summed E-state index contributed by atoms with van der Waals surface area (Å²) < 4.78 is 4.99. The van der Waals surface area contributed by atoms with Crippen LogP contribution in [0.3, 0.4) is 0 Å². The van der Waals surface area contributed by atoms with E-state index in [-0.39, 0.29) is 24.6 Å². The zero-order valence-electron chi connectivity index (χ0n) is 15.4. The van der Waals surface area contributed by atoms with E-state index in [0.717, 1.165) is 5.56 Å². The molecule has 2 aromatic carbocycles. The molecule has 0 heterocycles. The van der Waals surface area contributed by atoms with Gasteiger partial charge in [-0.1, -0.05) is 29.8 Å². The monoisotopic (exact) mass is 388 g/mol. The molecule has 0 aromatic heterocycles. The molecular formula is C20H21ClN2O4. The van der Waals surface area contributed by atoms with Crippen LogP contribution >= 0.6 is 11.6 Å². The van der Waals surface area contributed by atoms with Gasteiger partial charge in [-0.15, -0.1) is 0 Å². The Bertz CT molecular complexity index is 867. The highest BCUT2D eigenvalue weighted by Crippen LogP contribution is 2.23. The number of carbonyl (C=O) groups excluding carboxylic acids is 3. The third-order valence-electron chi connectivity index (χ3n) is 3.85. The Labute approximate surface area is 163 Å². The van der Waals surface area contributed by atoms with Crippen LogP contribution in [0.25, 0.3) is 0 Å². The molecule has 27 heavy (non-hydrogen) atoms. The molecule has 0 saturated heterocycles. The minimum atomic E-state index is -0.526. The molecule has 0 atom stereocenters. The summed E-state index contributed by atoms with van der Waals surface area (Å²) in [5.41, 5.74) is 1.97. The predicted molar refractivity (Wildman–Crippen MR) is 105 cm³/mol. The van der Waals surface area contributed by atoms with Crippen molar-refractivity contribution in [1.82, 2.24) is 0 Å². The number of hydrogen-bond acceptors (Lipinski definition) is 4. The Hall–Kier alpha value is -2.86. The largest absolute Gasteiger partial charge is 0.462 e. The number of nitrogens with zero attached hydrogens (tertiary/aromatic N) is 1. The maximum atomic E-state index is 12.5. The number of amides is 2. The van der Waals surface area contributed by atoms with Gasteiger partial charge in [-0.3, -0.25) is 9.59 Å². The van der Waals surface area contributed by atoms with Crippen LogP contribution in [0.2, 0.25) is 5.02 Å². The molecular weight excluding hydrogens is 368 g/mol. The van der Waals surface area contributed by atoms with Gasteiger partial charge in [0, 0.05) is 17.6 Å². The first kappa shape index (κ1) is 20.5. The second kappa shape index (κ2) is 9.19. The Kier molecular flexibility index (Phi) is 6.96. The average Bonchev–Trinajstić information content (AvgIpc) is 2.62. The fourth-order valence-corrected chi connectivity index (χ4v) is 2.62. The second-order valence-electron chi connectivity index (χ2n) is 5.85. The minimum absolute atomic E-state index is 0.216. The fourth-order valence-electron chi connectivity index (χ4n) is 2.45. The standard InChI is InChI=1S/C20H21ClN2O4/c1-4-27-20(26)16-7-5-6-8-18(16)22-19(25)12-23(14(3)24)15-10-9-13(2)17(21)11-15/h5-11H,4,12H2,1-3H3,(H,22,25). The van der Waals surface area contributed by atoms with E-state index in [2.05, 4.69) is 5.32 Å². The van der Waals surface area contributed by atoms with Crippen molar-refractivity contribution in [2.24, 2.45) is 0 Å². The highest BCUT2D eigenvalue weighted by Gasteiger charge is 2.19. The van der Waals surface area contributed by atoms with Crippen molar-refractivity contribution in [1.29, 1.82) is 0 Å². The lowest BCUT2D eigenvalue weighted by Crippen LogP contribution is -2.37. The van der Waals surface area contributed by atoms with Gasteiger partial charge < -0.3 is 15.0 Å². The third kappa shape index (κ3) is 5.31. The molecule has 0 aliphatic heterocycles. The van der Waals surface area contributed by atoms with E-state index in [1.165, 1.54) is 11.8 Å². The molecule has 142 valence electrons. The molecule has 0 aliphatic rings. The number of halogens is 1. The number of para-hydroxylation sites is 1. The van der Waals surface area contributed by atoms with Crippen molar-refractivity contribution in [2.75, 3.05) is 23.4 Å². The van der Waals surface area contributed by atoms with Gasteiger partial charge >= 0.3 is 5.97 Å². The van der Waals surface area contributed by atoms with Gasteiger partial charge in [0.05, 0.1) is 17.9 Å². The second-order valence-corrected chi connectivity index (χ2v) is 6.26. The van der Waals surface area contributed by atoms with Crippen LogP contribution in [0.1, 0.15) is 29.8 Å². The average molecular weight is 389 g/mol. The number of rotatable bonds is 6. The number of carbonyl (C=O) groups is 3. The predicted octanol–water partition coefficient (Wildman–Crippen LogP) is 3.82. The van der Waals surface area contributed by atoms with Gasteiger partial charge in [0.2, 0.25) is 11.8 Å². The summed E-state index contributed by atoms with van der Waals surface area (Å²) in [6, 6.07) is 11.7. The van der Waals surface area contributed by atoms with Crippen LogP contribution < -0.4 is 10.2 Å². The smallest absolute Gasteiger partial charge is 0.340 e. The van der Waals surface area contributed by atoms with Crippen LogP contribution in [0.5, 0.6) is 0 Å². The normalized spacial score (nSPS) is 10.2. The summed E-state index contributed by atoms with van der Waals surface area (Å²) in [5.74, 6) is -1.27. The molecule has 0 unspecified atom stereocenters. The van der Waals surface area contributed by atoms with Gasteiger partial charge in [-0.2, -0.15) is 0 Å². The van der Waals surface area contributed by atoms with E-state index in [9.17, 15) is 14.4 Å². The molecule has 2 amide bonds. The van der Waals surface area contributed by atoms with Gasteiger partial charge in [-0.05, 0) is 43.7 Å². The highest BCUT2D eigenvalue weighted by molar-refractivity contribution is 6.31. The zero-order valence-corrected chi connectivity index (χ0v) is 16.2. The first-order valence-electron chi connectivity index (χ1n) is 8.43. The summed E-state index contributed by atoms with van der Waals surface area (Å²) in [6.45, 7) is 4.94. The van der Waals surface area contributed by atoms with E-state index in [1.807, 2.05) is 6.92 Å². The van der Waals surface area contributed by atoms with Crippen molar-refractivity contribution < 1.29 is 19.1 Å². The lowest BCUT2D eigenvalue weighted by Gasteiger charge is -2.21. The number of ether oxygens (including phenoxy) is 1. The van der Waals surface area contributed by atoms with Gasteiger partial charge in [0.25, 0.3) is 0 Å². The van der Waals surface area contributed by atoms with Crippen molar-refractivity contribution >= 4 is 40.8 Å². The van der Waals surface area contributed by atoms with Crippen molar-refractivity contribution in [2.45, 2.75) is 20.8 Å². The van der Waals surface area contributed by atoms with Crippen LogP contribution in [0.4, 0.5) is 11.4 Å². The van der Waals surface area contributed by atoms with Gasteiger partial charge in [0.1, 0.15) is 6.54 Å². The summed E-state index contributed by atoms with van der Waals surface area (Å²) in [5, 5.41) is 3.17. The first-order valence-corrected chi connectivity index (χ1v) is 8.81. The summed E-state index contributed by atoms with van der Waals surface area (Å²) in [4.78, 5) is 37.8. The number of nitrogens with one attached hydrogen (secondary N) is 1. The number of esters is 1. The molecule has 6 nitrogen and oxygen atoms in total. The fraction of sp³-hybridized carbons (Fsp3) is 0.250. The van der Waals surface area contributed by atoms with Crippen molar-refractivity contribution in [3.8, 4) is 0 Å².